The smallest absolute Gasteiger partial charge is 0.247 e. The lowest BCUT2D eigenvalue weighted by atomic mass is 10.3. The Bertz CT molecular complexity index is 1500. The highest BCUT2D eigenvalue weighted by Gasteiger charge is 2.32. The average molecular weight is 526 g/mol. The largest absolute Gasteiger partial charge is 0.497 e. The topological polar surface area (TPSA) is 125 Å². The van der Waals surface area contributed by atoms with Crippen molar-refractivity contribution in [2.75, 3.05) is 51.9 Å². The number of ether oxygens (including phenoxy) is 3. The molecule has 13 heteroatoms. The van der Waals surface area contributed by atoms with Crippen molar-refractivity contribution in [1.82, 2.24) is 29.3 Å². The molecule has 1 aliphatic rings. The fourth-order valence-corrected chi connectivity index (χ4v) is 5.85. The minimum atomic E-state index is -3.80. The van der Waals surface area contributed by atoms with Gasteiger partial charge in [-0.3, -0.25) is 0 Å². The molecule has 2 aromatic heterocycles. The number of benzene rings is 2. The molecular formula is C24H27N7O5S. The Labute approximate surface area is 214 Å². The Morgan fingerprint density at radius 2 is 1.65 bits per heavy atom. The van der Waals surface area contributed by atoms with Gasteiger partial charge in [-0.15, -0.1) is 5.10 Å². The molecule has 5 rings (SSSR count). The van der Waals surface area contributed by atoms with Gasteiger partial charge in [0.2, 0.25) is 10.0 Å². The average Bonchev–Trinajstić information content (AvgIpc) is 3.38. The first-order valence-corrected chi connectivity index (χ1v) is 13.2. The predicted molar refractivity (Wildman–Crippen MR) is 136 cm³/mol. The SMILES string of the molecule is CCOc1ccc(-n2nnc3c(N4CCN(S(=O)(=O)c5cc(OC)ccc5OC)CC4)ncnc32)cc1. The fourth-order valence-electron chi connectivity index (χ4n) is 4.26. The minimum Gasteiger partial charge on any atom is -0.497 e. The van der Waals surface area contributed by atoms with Crippen molar-refractivity contribution in [2.45, 2.75) is 11.8 Å². The van der Waals surface area contributed by atoms with Crippen LogP contribution < -0.4 is 19.1 Å². The first-order valence-electron chi connectivity index (χ1n) is 11.7. The van der Waals surface area contributed by atoms with Crippen LogP contribution in [0.1, 0.15) is 6.92 Å². The molecule has 37 heavy (non-hydrogen) atoms. The summed E-state index contributed by atoms with van der Waals surface area (Å²) < 4.78 is 46.0. The summed E-state index contributed by atoms with van der Waals surface area (Å²) in [6.45, 7) is 3.90. The van der Waals surface area contributed by atoms with E-state index in [2.05, 4.69) is 20.3 Å². The quantitative estimate of drug-likeness (QED) is 0.338. The summed E-state index contributed by atoms with van der Waals surface area (Å²) in [6, 6.07) is 12.2. The summed E-state index contributed by atoms with van der Waals surface area (Å²) in [5.41, 5.74) is 1.89. The van der Waals surface area contributed by atoms with Crippen molar-refractivity contribution in [3.8, 4) is 22.9 Å². The molecule has 1 saturated heterocycles. The molecule has 4 aromatic rings. The molecular weight excluding hydrogens is 498 g/mol. The summed E-state index contributed by atoms with van der Waals surface area (Å²) in [5, 5.41) is 8.63. The fraction of sp³-hybridized carbons (Fsp3) is 0.333. The lowest BCUT2D eigenvalue weighted by Crippen LogP contribution is -2.49. The molecule has 0 atom stereocenters. The van der Waals surface area contributed by atoms with Crippen LogP contribution in [0.25, 0.3) is 16.9 Å². The van der Waals surface area contributed by atoms with Crippen molar-refractivity contribution in [2.24, 2.45) is 0 Å². The van der Waals surface area contributed by atoms with E-state index in [-0.39, 0.29) is 23.7 Å². The molecule has 2 aromatic carbocycles. The molecule has 0 amide bonds. The Balaban J connectivity index is 1.37. The monoisotopic (exact) mass is 525 g/mol. The Morgan fingerprint density at radius 1 is 0.919 bits per heavy atom. The van der Waals surface area contributed by atoms with E-state index in [0.29, 0.717) is 42.4 Å². The zero-order valence-electron chi connectivity index (χ0n) is 20.7. The van der Waals surface area contributed by atoms with E-state index in [1.807, 2.05) is 36.1 Å². The van der Waals surface area contributed by atoms with Crippen molar-refractivity contribution in [3.63, 3.8) is 0 Å². The molecule has 0 saturated carbocycles. The number of piperazine rings is 1. The third-order valence-corrected chi connectivity index (χ3v) is 8.06. The van der Waals surface area contributed by atoms with Crippen LogP contribution in [0.4, 0.5) is 5.82 Å². The molecule has 1 aliphatic heterocycles. The highest BCUT2D eigenvalue weighted by atomic mass is 32.2. The van der Waals surface area contributed by atoms with E-state index in [0.717, 1.165) is 11.4 Å². The van der Waals surface area contributed by atoms with Gasteiger partial charge in [-0.05, 0) is 43.3 Å². The van der Waals surface area contributed by atoms with E-state index >= 15 is 0 Å². The van der Waals surface area contributed by atoms with E-state index in [1.165, 1.54) is 30.9 Å². The number of hydrogen-bond donors (Lipinski definition) is 0. The van der Waals surface area contributed by atoms with Gasteiger partial charge in [-0.2, -0.15) is 8.99 Å². The van der Waals surface area contributed by atoms with Gasteiger partial charge in [-0.1, -0.05) is 5.21 Å². The zero-order chi connectivity index (χ0) is 26.0. The molecule has 0 spiro atoms. The molecule has 0 aliphatic carbocycles. The summed E-state index contributed by atoms with van der Waals surface area (Å²) in [6.07, 6.45) is 1.47. The van der Waals surface area contributed by atoms with Crippen LogP contribution in [-0.2, 0) is 10.0 Å². The van der Waals surface area contributed by atoms with Crippen LogP contribution in [0.3, 0.4) is 0 Å². The lowest BCUT2D eigenvalue weighted by molar-refractivity contribution is 0.340. The van der Waals surface area contributed by atoms with Gasteiger partial charge in [0.15, 0.2) is 17.0 Å². The molecule has 3 heterocycles. The number of aromatic nitrogens is 5. The van der Waals surface area contributed by atoms with Crippen molar-refractivity contribution >= 4 is 27.0 Å². The van der Waals surface area contributed by atoms with Gasteiger partial charge in [0.25, 0.3) is 0 Å². The van der Waals surface area contributed by atoms with Crippen molar-refractivity contribution < 1.29 is 22.6 Å². The van der Waals surface area contributed by atoms with Gasteiger partial charge < -0.3 is 19.1 Å². The molecule has 0 N–H and O–H groups in total. The number of methoxy groups -OCH3 is 2. The maximum Gasteiger partial charge on any atom is 0.247 e. The predicted octanol–water partition coefficient (Wildman–Crippen LogP) is 2.14. The standard InChI is InChI=1S/C24H27N7O5S/c1-4-36-18-7-5-17(6-8-18)31-24-22(27-28-31)23(25-16-26-24)29-11-13-30(14-12-29)37(32,33)21-15-19(34-2)9-10-20(21)35-3/h5-10,15-16H,4,11-14H2,1-3H3. The summed E-state index contributed by atoms with van der Waals surface area (Å²) in [5.74, 6) is 2.09. The number of fused-ring (bicyclic) bond motifs is 1. The normalized spacial score (nSPS) is 14.6. The van der Waals surface area contributed by atoms with Crippen LogP contribution in [0, 0.1) is 0 Å². The molecule has 0 radical (unpaired) electrons. The van der Waals surface area contributed by atoms with Crippen LogP contribution in [0.15, 0.2) is 53.7 Å². The Morgan fingerprint density at radius 3 is 2.32 bits per heavy atom. The second-order valence-corrected chi connectivity index (χ2v) is 10.1. The van der Waals surface area contributed by atoms with Gasteiger partial charge in [0.1, 0.15) is 28.5 Å². The Kier molecular flexibility index (Phi) is 6.80. The number of sulfonamides is 1. The second kappa shape index (κ2) is 10.2. The number of nitrogens with zero attached hydrogens (tertiary/aromatic N) is 7. The third kappa shape index (κ3) is 4.62. The molecule has 1 fully saturated rings. The van der Waals surface area contributed by atoms with Crippen LogP contribution in [-0.4, -0.2) is 84.7 Å². The highest BCUT2D eigenvalue weighted by Crippen LogP contribution is 2.32. The van der Waals surface area contributed by atoms with E-state index in [9.17, 15) is 8.42 Å². The maximum absolute atomic E-state index is 13.4. The van der Waals surface area contributed by atoms with Crippen LogP contribution in [0.5, 0.6) is 17.2 Å². The van der Waals surface area contributed by atoms with Crippen LogP contribution in [0.2, 0.25) is 0 Å². The van der Waals surface area contributed by atoms with Crippen molar-refractivity contribution in [1.29, 1.82) is 0 Å². The minimum absolute atomic E-state index is 0.0746. The van der Waals surface area contributed by atoms with Crippen LogP contribution >= 0.6 is 0 Å². The highest BCUT2D eigenvalue weighted by molar-refractivity contribution is 7.89. The second-order valence-electron chi connectivity index (χ2n) is 8.21. The van der Waals surface area contributed by atoms with Crippen molar-refractivity contribution in [3.05, 3.63) is 48.8 Å². The van der Waals surface area contributed by atoms with E-state index < -0.39 is 10.0 Å². The van der Waals surface area contributed by atoms with Gasteiger partial charge in [0.05, 0.1) is 26.5 Å². The number of rotatable bonds is 8. The first kappa shape index (κ1) is 24.7. The Hall–Kier alpha value is -3.97. The maximum atomic E-state index is 13.4. The van der Waals surface area contributed by atoms with E-state index in [1.54, 1.807) is 16.8 Å². The zero-order valence-corrected chi connectivity index (χ0v) is 21.6. The summed E-state index contributed by atoms with van der Waals surface area (Å²) >= 11 is 0. The molecule has 0 unspecified atom stereocenters. The molecule has 0 bridgehead atoms. The molecule has 194 valence electrons. The van der Waals surface area contributed by atoms with Gasteiger partial charge >= 0.3 is 0 Å². The number of anilines is 1. The van der Waals surface area contributed by atoms with Gasteiger partial charge in [-0.25, -0.2) is 18.4 Å². The van der Waals surface area contributed by atoms with E-state index in [4.69, 9.17) is 14.2 Å². The lowest BCUT2D eigenvalue weighted by Gasteiger charge is -2.34. The summed E-state index contributed by atoms with van der Waals surface area (Å²) in [7, 11) is -0.863. The molecule has 12 nitrogen and oxygen atoms in total. The number of hydrogen-bond acceptors (Lipinski definition) is 10. The summed E-state index contributed by atoms with van der Waals surface area (Å²) in [4.78, 5) is 10.9. The third-order valence-electron chi connectivity index (χ3n) is 6.14. The van der Waals surface area contributed by atoms with Gasteiger partial charge in [0, 0.05) is 32.2 Å². The first-order chi connectivity index (χ1) is 18.0.